The lowest BCUT2D eigenvalue weighted by atomic mass is 10.1. The molecule has 188 valence electrons. The summed E-state index contributed by atoms with van der Waals surface area (Å²) in [6, 6.07) is 9.75. The Hall–Kier alpha value is -3.76. The second-order valence-corrected chi connectivity index (χ2v) is 8.80. The molecule has 2 N–H and O–H groups in total. The topological polar surface area (TPSA) is 132 Å². The second kappa shape index (κ2) is 11.8. The van der Waals surface area contributed by atoms with Crippen molar-refractivity contribution < 1.29 is 38.8 Å². The molecule has 1 aliphatic rings. The van der Waals surface area contributed by atoms with Crippen LogP contribution in [0.4, 0.5) is 0 Å². The van der Waals surface area contributed by atoms with Crippen molar-refractivity contribution in [3.05, 3.63) is 74.3 Å². The van der Waals surface area contributed by atoms with Crippen molar-refractivity contribution in [2.75, 3.05) is 20.3 Å². The van der Waals surface area contributed by atoms with Gasteiger partial charge in [0.1, 0.15) is 16.4 Å². The van der Waals surface area contributed by atoms with Gasteiger partial charge in [0.25, 0.3) is 5.91 Å². The lowest BCUT2D eigenvalue weighted by Crippen LogP contribution is -2.14. The van der Waals surface area contributed by atoms with Gasteiger partial charge in [-0.25, -0.2) is 14.6 Å². The number of carboxylic acids is 1. The minimum absolute atomic E-state index is 0.0118. The normalized spacial score (nSPS) is 15.3. The number of carbonyl (C=O) groups is 3. The highest BCUT2D eigenvalue weighted by molar-refractivity contribution is 8.18. The van der Waals surface area contributed by atoms with Crippen LogP contribution in [0.5, 0.6) is 11.5 Å². The summed E-state index contributed by atoms with van der Waals surface area (Å²) in [5, 5.41) is 19.8. The average molecular weight is 532 g/mol. The number of methoxy groups -OCH3 is 1. The number of esters is 1. The van der Waals surface area contributed by atoms with Gasteiger partial charge in [-0.1, -0.05) is 41.1 Å². The van der Waals surface area contributed by atoms with E-state index in [1.54, 1.807) is 31.2 Å². The molecule has 11 heteroatoms. The molecule has 36 heavy (non-hydrogen) atoms. The van der Waals surface area contributed by atoms with Crippen LogP contribution >= 0.6 is 23.4 Å². The van der Waals surface area contributed by atoms with E-state index in [1.807, 2.05) is 6.92 Å². The number of rotatable bonds is 8. The predicted molar refractivity (Wildman–Crippen MR) is 136 cm³/mol. The molecular weight excluding hydrogens is 510 g/mol. The summed E-state index contributed by atoms with van der Waals surface area (Å²) in [7, 11) is 1.36. The number of ether oxygens (including phenoxy) is 3. The van der Waals surface area contributed by atoms with Gasteiger partial charge in [0.15, 0.2) is 18.1 Å². The SMILES string of the molecule is CCOC(=O)C1=C(O)/C(=C/c2cc(Cl)c(OCC(=O)O)c(OC)c2)SC1=NC(=O)c1ccc(C)cc1. The maximum Gasteiger partial charge on any atom is 0.344 e. The number of thioether (sulfide) groups is 1. The fourth-order valence-corrected chi connectivity index (χ4v) is 4.38. The number of aliphatic carboxylic acids is 1. The largest absolute Gasteiger partial charge is 0.506 e. The number of hydrogen-bond acceptors (Lipinski definition) is 8. The molecule has 0 fully saturated rings. The zero-order valence-corrected chi connectivity index (χ0v) is 21.1. The molecule has 0 saturated heterocycles. The average Bonchev–Trinajstić information content (AvgIpc) is 3.12. The van der Waals surface area contributed by atoms with E-state index < -0.39 is 30.2 Å². The van der Waals surface area contributed by atoms with E-state index in [-0.39, 0.29) is 38.7 Å². The van der Waals surface area contributed by atoms with Gasteiger partial charge >= 0.3 is 11.9 Å². The first kappa shape index (κ1) is 26.8. The lowest BCUT2D eigenvalue weighted by molar-refractivity contribution is -0.139. The number of aliphatic imine (C=N–C) groups is 1. The Morgan fingerprint density at radius 3 is 2.47 bits per heavy atom. The number of carbonyl (C=O) groups excluding carboxylic acids is 2. The number of aliphatic hydroxyl groups excluding tert-OH is 1. The predicted octanol–water partition coefficient (Wildman–Crippen LogP) is 4.82. The van der Waals surface area contributed by atoms with Crippen molar-refractivity contribution in [2.45, 2.75) is 13.8 Å². The minimum atomic E-state index is -1.18. The summed E-state index contributed by atoms with van der Waals surface area (Å²) in [4.78, 5) is 40.4. The molecule has 0 aliphatic carbocycles. The molecule has 0 radical (unpaired) electrons. The van der Waals surface area contributed by atoms with Crippen LogP contribution < -0.4 is 9.47 Å². The van der Waals surface area contributed by atoms with E-state index in [0.717, 1.165) is 17.3 Å². The Morgan fingerprint density at radius 2 is 1.86 bits per heavy atom. The summed E-state index contributed by atoms with van der Waals surface area (Å²) < 4.78 is 15.5. The quantitative estimate of drug-likeness (QED) is 0.460. The molecule has 0 aromatic heterocycles. The molecule has 3 rings (SSSR count). The highest BCUT2D eigenvalue weighted by Crippen LogP contribution is 2.42. The van der Waals surface area contributed by atoms with Gasteiger partial charge in [0.2, 0.25) is 0 Å². The minimum Gasteiger partial charge on any atom is -0.506 e. The Morgan fingerprint density at radius 1 is 1.17 bits per heavy atom. The molecular formula is C25H22ClNO8S. The van der Waals surface area contributed by atoms with Crippen molar-refractivity contribution in [3.63, 3.8) is 0 Å². The van der Waals surface area contributed by atoms with Crippen LogP contribution in [0.2, 0.25) is 5.02 Å². The molecule has 2 aromatic rings. The standard InChI is InChI=1S/C25H22ClNO8S/c1-4-34-25(32)20-21(30)18(36-24(20)27-23(31)15-7-5-13(2)6-8-15)11-14-9-16(26)22(17(10-14)33-3)35-12-19(28)29/h5-11,30H,4,12H2,1-3H3,(H,28,29)/b18-11-,27-24?. The van der Waals surface area contributed by atoms with E-state index in [2.05, 4.69) is 4.99 Å². The zero-order chi connectivity index (χ0) is 26.4. The first-order valence-corrected chi connectivity index (χ1v) is 11.8. The van der Waals surface area contributed by atoms with E-state index >= 15 is 0 Å². The van der Waals surface area contributed by atoms with Crippen molar-refractivity contribution in [2.24, 2.45) is 4.99 Å². The first-order chi connectivity index (χ1) is 17.1. The lowest BCUT2D eigenvalue weighted by Gasteiger charge is -2.12. The molecule has 1 heterocycles. The fourth-order valence-electron chi connectivity index (χ4n) is 3.09. The molecule has 0 spiro atoms. The van der Waals surface area contributed by atoms with Gasteiger partial charge in [-0.3, -0.25) is 4.79 Å². The molecule has 0 atom stereocenters. The summed E-state index contributed by atoms with van der Waals surface area (Å²) in [6.45, 7) is 2.94. The Bertz CT molecular complexity index is 1300. The summed E-state index contributed by atoms with van der Waals surface area (Å²) >= 11 is 7.18. The molecule has 1 amide bonds. The van der Waals surface area contributed by atoms with Crippen LogP contribution in [0.1, 0.15) is 28.4 Å². The number of carboxylic acid groups (broad SMARTS) is 1. The second-order valence-electron chi connectivity index (χ2n) is 7.36. The molecule has 9 nitrogen and oxygen atoms in total. The highest BCUT2D eigenvalue weighted by Gasteiger charge is 2.34. The van der Waals surface area contributed by atoms with Gasteiger partial charge in [0, 0.05) is 5.56 Å². The van der Waals surface area contributed by atoms with Crippen LogP contribution in [0, 0.1) is 6.92 Å². The number of aryl methyl sites for hydroxylation is 1. The van der Waals surface area contributed by atoms with Gasteiger partial charge in [0.05, 0.1) is 23.6 Å². The third kappa shape index (κ3) is 6.27. The van der Waals surface area contributed by atoms with Gasteiger partial charge in [-0.15, -0.1) is 0 Å². The zero-order valence-electron chi connectivity index (χ0n) is 19.5. The first-order valence-electron chi connectivity index (χ1n) is 10.6. The molecule has 1 aliphatic heterocycles. The molecule has 2 aromatic carbocycles. The van der Waals surface area contributed by atoms with E-state index in [1.165, 1.54) is 25.3 Å². The van der Waals surface area contributed by atoms with Gasteiger partial charge < -0.3 is 24.4 Å². The monoisotopic (exact) mass is 531 g/mol. The highest BCUT2D eigenvalue weighted by atomic mass is 35.5. The molecule has 0 unspecified atom stereocenters. The number of aliphatic hydroxyl groups is 1. The van der Waals surface area contributed by atoms with E-state index in [0.29, 0.717) is 11.1 Å². The van der Waals surface area contributed by atoms with Crippen LogP contribution in [-0.2, 0) is 14.3 Å². The van der Waals surface area contributed by atoms with Crippen molar-refractivity contribution in [3.8, 4) is 11.5 Å². The Labute approximate surface area is 216 Å². The van der Waals surface area contributed by atoms with Crippen LogP contribution in [-0.4, -0.2) is 53.4 Å². The molecule has 0 saturated carbocycles. The number of benzene rings is 2. The maximum atomic E-state index is 12.7. The van der Waals surface area contributed by atoms with E-state index in [4.69, 9.17) is 30.9 Å². The Kier molecular flexibility index (Phi) is 8.78. The number of hydrogen-bond donors (Lipinski definition) is 2. The number of nitrogens with zero attached hydrogens (tertiary/aromatic N) is 1. The third-order valence-electron chi connectivity index (χ3n) is 4.76. The number of amides is 1. The van der Waals surface area contributed by atoms with Gasteiger partial charge in [-0.05, 0) is 49.8 Å². The summed E-state index contributed by atoms with van der Waals surface area (Å²) in [5.41, 5.74) is 1.51. The maximum absolute atomic E-state index is 12.7. The van der Waals surface area contributed by atoms with Crippen LogP contribution in [0.15, 0.2) is 57.6 Å². The van der Waals surface area contributed by atoms with Crippen LogP contribution in [0.3, 0.4) is 0 Å². The summed E-state index contributed by atoms with van der Waals surface area (Å²) in [5.74, 6) is -2.80. The van der Waals surface area contributed by atoms with Crippen molar-refractivity contribution in [1.82, 2.24) is 0 Å². The molecule has 0 bridgehead atoms. The van der Waals surface area contributed by atoms with E-state index in [9.17, 15) is 19.5 Å². The third-order valence-corrected chi connectivity index (χ3v) is 6.06. The Balaban J connectivity index is 2.01. The van der Waals surface area contributed by atoms with Crippen LogP contribution in [0.25, 0.3) is 6.08 Å². The smallest absolute Gasteiger partial charge is 0.344 e. The van der Waals surface area contributed by atoms with Crippen molar-refractivity contribution >= 4 is 52.3 Å². The fraction of sp³-hybridized carbons (Fsp3) is 0.200. The van der Waals surface area contributed by atoms with Gasteiger partial charge in [-0.2, -0.15) is 0 Å². The summed E-state index contributed by atoms with van der Waals surface area (Å²) in [6.07, 6.45) is 1.51. The number of halogens is 1. The van der Waals surface area contributed by atoms with Crippen molar-refractivity contribution in [1.29, 1.82) is 0 Å².